The smallest absolute Gasteiger partial charge is 0.490 e. The number of piperidine rings is 1. The third kappa shape index (κ3) is 10.9. The van der Waals surface area contributed by atoms with Crippen LogP contribution in [0, 0.1) is 5.92 Å². The van der Waals surface area contributed by atoms with Gasteiger partial charge in [0.05, 0.1) is 25.2 Å². The number of aromatic nitrogens is 1. The highest BCUT2D eigenvalue weighted by Crippen LogP contribution is 2.35. The maximum absolute atomic E-state index is 13.0. The summed E-state index contributed by atoms with van der Waals surface area (Å²) >= 11 is 0. The third-order valence-electron chi connectivity index (χ3n) is 7.69. The maximum atomic E-state index is 13.0. The summed E-state index contributed by atoms with van der Waals surface area (Å²) in [5.74, 6) is -1.23. The van der Waals surface area contributed by atoms with Gasteiger partial charge in [0.1, 0.15) is 5.75 Å². The molecular weight excluding hydrogens is 705 g/mol. The first-order chi connectivity index (χ1) is 24.2. The first-order valence-corrected chi connectivity index (χ1v) is 16.8. The molecule has 3 heterocycles. The molecule has 0 unspecified atom stereocenters. The number of amides is 2. The molecule has 3 N–H and O–H groups in total. The van der Waals surface area contributed by atoms with Crippen molar-refractivity contribution in [3.8, 4) is 17.2 Å². The van der Waals surface area contributed by atoms with E-state index in [1.165, 1.54) is 31.5 Å². The van der Waals surface area contributed by atoms with Gasteiger partial charge in [0.25, 0.3) is 0 Å². The van der Waals surface area contributed by atoms with Crippen LogP contribution >= 0.6 is 0 Å². The van der Waals surface area contributed by atoms with E-state index >= 15 is 0 Å². The summed E-state index contributed by atoms with van der Waals surface area (Å²) in [4.78, 5) is 39.7. The highest BCUT2D eigenvalue weighted by atomic mass is 32.2. The Labute approximate surface area is 290 Å². The van der Waals surface area contributed by atoms with Crippen LogP contribution in [0.5, 0.6) is 17.2 Å². The molecule has 1 fully saturated rings. The van der Waals surface area contributed by atoms with Crippen molar-refractivity contribution in [2.75, 3.05) is 33.6 Å². The van der Waals surface area contributed by atoms with Crippen LogP contribution in [0.15, 0.2) is 70.7 Å². The highest BCUT2D eigenvalue weighted by molar-refractivity contribution is 7.91. The number of carboxylic acids is 1. The van der Waals surface area contributed by atoms with Crippen LogP contribution in [0.25, 0.3) is 0 Å². The number of halogens is 3. The van der Waals surface area contributed by atoms with Crippen molar-refractivity contribution in [2.24, 2.45) is 5.92 Å². The molecule has 0 saturated carbocycles. The zero-order chi connectivity index (χ0) is 37.2. The summed E-state index contributed by atoms with van der Waals surface area (Å²) < 4.78 is 79.1. The van der Waals surface area contributed by atoms with Gasteiger partial charge in [-0.15, -0.1) is 0 Å². The van der Waals surface area contributed by atoms with Gasteiger partial charge in [0.2, 0.25) is 22.5 Å². The molecule has 2 aromatic carbocycles. The van der Waals surface area contributed by atoms with Crippen molar-refractivity contribution in [1.29, 1.82) is 0 Å². The number of likely N-dealkylation sites (tertiary alicyclic amines) is 1. The number of hydroxylamine groups is 1. The van der Waals surface area contributed by atoms with Gasteiger partial charge in [-0.1, -0.05) is 17.3 Å². The second kappa shape index (κ2) is 17.2. The number of carboxylic acid groups (broad SMARTS) is 1. The van der Waals surface area contributed by atoms with Gasteiger partial charge < -0.3 is 29.0 Å². The van der Waals surface area contributed by atoms with Gasteiger partial charge >= 0.3 is 18.2 Å². The lowest BCUT2D eigenvalue weighted by Crippen LogP contribution is -2.42. The number of rotatable bonds is 11. The number of aliphatic carboxylic acids is 1. The SMILES string of the molecule is COc1ccc(S(=O)(=O)c2cc(CN(O)NC(=O)CC3CCN(C(=O)OCCc4cccc5c4OCO5)CC3)ccn2)cc1.O=C(O)C(F)(F)F. The molecule has 15 nitrogen and oxygen atoms in total. The van der Waals surface area contributed by atoms with E-state index < -0.39 is 34.0 Å². The molecule has 0 bridgehead atoms. The van der Waals surface area contributed by atoms with Crippen LogP contribution in [0.4, 0.5) is 18.0 Å². The Morgan fingerprint density at radius 2 is 1.76 bits per heavy atom. The molecule has 1 saturated heterocycles. The second-order valence-corrected chi connectivity index (χ2v) is 13.1. The first-order valence-electron chi connectivity index (χ1n) is 15.4. The number of pyridine rings is 1. The Bertz CT molecular complexity index is 1790. The fraction of sp³-hybridized carbons (Fsp3) is 0.375. The zero-order valence-electron chi connectivity index (χ0n) is 27.2. The normalized spacial score (nSPS) is 14.4. The van der Waals surface area contributed by atoms with Crippen LogP contribution in [0.3, 0.4) is 0 Å². The Balaban J connectivity index is 0.000000755. The molecule has 0 atom stereocenters. The fourth-order valence-electron chi connectivity index (χ4n) is 5.08. The van der Waals surface area contributed by atoms with E-state index in [0.717, 1.165) is 5.56 Å². The number of alkyl halides is 3. The second-order valence-electron chi connectivity index (χ2n) is 11.2. The lowest BCUT2D eigenvalue weighted by atomic mass is 9.93. The van der Waals surface area contributed by atoms with Crippen molar-refractivity contribution in [3.05, 3.63) is 71.9 Å². The lowest BCUT2D eigenvalue weighted by Gasteiger charge is -2.31. The number of fused-ring (bicyclic) bond motifs is 1. The first kappa shape index (κ1) is 38.7. The maximum Gasteiger partial charge on any atom is 0.490 e. The van der Waals surface area contributed by atoms with Gasteiger partial charge in [0.15, 0.2) is 16.5 Å². The summed E-state index contributed by atoms with van der Waals surface area (Å²) in [6.45, 7) is 1.15. The topological polar surface area (TPSA) is 194 Å². The zero-order valence-corrected chi connectivity index (χ0v) is 28.0. The van der Waals surface area contributed by atoms with Crippen LogP contribution in [0.1, 0.15) is 30.4 Å². The summed E-state index contributed by atoms with van der Waals surface area (Å²) in [6, 6.07) is 14.4. The number of carbonyl (C=O) groups excluding carboxylic acids is 2. The van der Waals surface area contributed by atoms with E-state index in [1.807, 2.05) is 18.2 Å². The van der Waals surface area contributed by atoms with Crippen LogP contribution in [-0.2, 0) is 37.1 Å². The molecule has 19 heteroatoms. The number of sulfone groups is 1. The number of benzene rings is 2. The van der Waals surface area contributed by atoms with Gasteiger partial charge in [-0.2, -0.15) is 13.2 Å². The lowest BCUT2D eigenvalue weighted by molar-refractivity contribution is -0.192. The van der Waals surface area contributed by atoms with Crippen LogP contribution < -0.4 is 19.6 Å². The van der Waals surface area contributed by atoms with E-state index in [1.54, 1.807) is 23.1 Å². The number of hydrazine groups is 1. The van der Waals surface area contributed by atoms with Gasteiger partial charge in [0, 0.05) is 37.7 Å². The molecule has 0 radical (unpaired) electrons. The van der Waals surface area contributed by atoms with E-state index in [-0.39, 0.29) is 42.2 Å². The minimum atomic E-state index is -5.08. The van der Waals surface area contributed by atoms with E-state index in [2.05, 4.69) is 10.4 Å². The number of methoxy groups -OCH3 is 1. The monoisotopic (exact) mass is 740 g/mol. The fourth-order valence-corrected chi connectivity index (χ4v) is 6.32. The molecule has 276 valence electrons. The molecule has 2 aliphatic rings. The molecule has 2 amide bonds. The van der Waals surface area contributed by atoms with Crippen LogP contribution in [0.2, 0.25) is 0 Å². The number of nitrogens with zero attached hydrogens (tertiary/aromatic N) is 3. The van der Waals surface area contributed by atoms with Crippen molar-refractivity contribution in [1.82, 2.24) is 20.5 Å². The number of ether oxygens (including phenoxy) is 4. The minimum absolute atomic E-state index is 0.0265. The van der Waals surface area contributed by atoms with E-state index in [9.17, 15) is 36.4 Å². The molecule has 1 aromatic heterocycles. The molecule has 51 heavy (non-hydrogen) atoms. The summed E-state index contributed by atoms with van der Waals surface area (Å²) in [5, 5.41) is 17.9. The Hall–Kier alpha value is -5.14. The van der Waals surface area contributed by atoms with Gasteiger partial charge in [-0.3, -0.25) is 15.4 Å². The van der Waals surface area contributed by atoms with Crippen molar-refractivity contribution < 1.29 is 65.2 Å². The quantitative estimate of drug-likeness (QED) is 0.239. The average Bonchev–Trinajstić information content (AvgIpc) is 3.58. The molecule has 2 aliphatic heterocycles. The number of hydrogen-bond acceptors (Lipinski definition) is 12. The van der Waals surface area contributed by atoms with E-state index in [0.29, 0.717) is 60.3 Å². The van der Waals surface area contributed by atoms with Crippen molar-refractivity contribution in [3.63, 3.8) is 0 Å². The number of nitrogens with one attached hydrogen (secondary N) is 1. The molecule has 5 rings (SSSR count). The van der Waals surface area contributed by atoms with Crippen molar-refractivity contribution >= 4 is 27.8 Å². The highest BCUT2D eigenvalue weighted by Gasteiger charge is 2.38. The third-order valence-corrected chi connectivity index (χ3v) is 9.36. The average molecular weight is 741 g/mol. The Morgan fingerprint density at radius 3 is 2.41 bits per heavy atom. The largest absolute Gasteiger partial charge is 0.497 e. The van der Waals surface area contributed by atoms with E-state index in [4.69, 9.17) is 28.8 Å². The number of carbonyl (C=O) groups is 3. The van der Waals surface area contributed by atoms with Gasteiger partial charge in [-0.05, 0) is 66.8 Å². The predicted octanol–water partition coefficient (Wildman–Crippen LogP) is 3.99. The molecular formula is C32H35F3N4O11S. The molecule has 0 aliphatic carbocycles. The summed E-state index contributed by atoms with van der Waals surface area (Å²) in [5.41, 5.74) is 3.76. The minimum Gasteiger partial charge on any atom is -0.497 e. The van der Waals surface area contributed by atoms with Gasteiger partial charge in [-0.25, -0.2) is 23.0 Å². The Morgan fingerprint density at radius 1 is 1.08 bits per heavy atom. The predicted molar refractivity (Wildman–Crippen MR) is 168 cm³/mol. The molecule has 0 spiro atoms. The summed E-state index contributed by atoms with van der Waals surface area (Å²) in [7, 11) is -2.41. The standard InChI is InChI=1S/C30H34N4O9S.C2HF3O2/c1-40-24-5-7-25(8-6-24)44(38,39)28-18-22(9-13-31-28)19-34(37)32-27(35)17-21-10-14-33(15-11-21)30(36)41-16-12-23-3-2-4-26-29(23)43-20-42-26;3-2(4,5)1(6)7/h2-9,13,18,21,37H,10-12,14-17,19-20H2,1H3,(H,32,35);(H,6,7). The number of hydrogen-bond donors (Lipinski definition) is 3. The molecule has 3 aromatic rings. The summed E-state index contributed by atoms with van der Waals surface area (Å²) in [6.07, 6.45) is -2.26. The number of para-hydroxylation sites is 1. The van der Waals surface area contributed by atoms with Crippen molar-refractivity contribution in [2.45, 2.75) is 48.3 Å². The van der Waals surface area contributed by atoms with Crippen LogP contribution in [-0.4, -0.2) is 91.5 Å². The Kier molecular flexibility index (Phi) is 13.0.